The van der Waals surface area contributed by atoms with Gasteiger partial charge in [0.05, 0.1) is 12.0 Å². The second-order valence-electron chi connectivity index (χ2n) is 12.4. The van der Waals surface area contributed by atoms with Gasteiger partial charge in [-0.15, -0.1) is 0 Å². The predicted molar refractivity (Wildman–Crippen MR) is 154 cm³/mol. The van der Waals surface area contributed by atoms with Gasteiger partial charge in [-0.05, 0) is 61.3 Å². The number of aliphatic hydroxyl groups is 1. The average Bonchev–Trinajstić information content (AvgIpc) is 3.52. The maximum Gasteiger partial charge on any atom is 0.192 e. The highest BCUT2D eigenvalue weighted by atomic mass is 35.5. The third kappa shape index (κ3) is 5.45. The van der Waals surface area contributed by atoms with E-state index in [0.717, 1.165) is 0 Å². The van der Waals surface area contributed by atoms with Gasteiger partial charge in [0.15, 0.2) is 20.3 Å². The number of hydrogen-bond acceptors (Lipinski definition) is 7. The molecule has 2 aromatic heterocycles. The van der Waals surface area contributed by atoms with Crippen molar-refractivity contribution in [3.8, 4) is 0 Å². The maximum atomic E-state index is 15.8. The second kappa shape index (κ2) is 10.6. The van der Waals surface area contributed by atoms with Crippen molar-refractivity contribution in [1.29, 1.82) is 0 Å². The molecule has 2 saturated heterocycles. The van der Waals surface area contributed by atoms with E-state index >= 15 is 4.39 Å². The summed E-state index contributed by atoms with van der Waals surface area (Å²) in [5, 5.41) is 13.0. The second-order valence-corrected chi connectivity index (χ2v) is 18.0. The quantitative estimate of drug-likeness (QED) is 0.229. The van der Waals surface area contributed by atoms with Gasteiger partial charge in [0.25, 0.3) is 0 Å². The zero-order valence-electron chi connectivity index (χ0n) is 23.7. The molecule has 1 aromatic carbocycles. The summed E-state index contributed by atoms with van der Waals surface area (Å²) in [6.07, 6.45) is -2.35. The largest absolute Gasteiger partial charge is 0.414 e. The monoisotopic (exact) mass is 611 g/mol. The number of hydrogen-bond donors (Lipinski definition) is 1. The van der Waals surface area contributed by atoms with E-state index in [1.807, 2.05) is 13.8 Å². The number of halogens is 3. The molecule has 8 nitrogen and oxygen atoms in total. The summed E-state index contributed by atoms with van der Waals surface area (Å²) < 4.78 is 42.7. The van der Waals surface area contributed by atoms with Crippen LogP contribution >= 0.6 is 23.2 Å². The minimum absolute atomic E-state index is 0.0739. The van der Waals surface area contributed by atoms with Gasteiger partial charge < -0.3 is 28.3 Å². The molecule has 40 heavy (non-hydrogen) atoms. The predicted octanol–water partition coefficient (Wildman–Crippen LogP) is 6.92. The van der Waals surface area contributed by atoms with Crippen molar-refractivity contribution in [1.82, 2.24) is 14.5 Å². The van der Waals surface area contributed by atoms with Crippen LogP contribution in [0.5, 0.6) is 0 Å². The van der Waals surface area contributed by atoms with E-state index in [-0.39, 0.29) is 17.2 Å². The van der Waals surface area contributed by atoms with Gasteiger partial charge in [-0.2, -0.15) is 0 Å². The van der Waals surface area contributed by atoms with Crippen LogP contribution in [0.3, 0.4) is 0 Å². The molecule has 4 heterocycles. The molecule has 1 N–H and O–H groups in total. The molecule has 0 aliphatic carbocycles. The number of alkyl halides is 1. The van der Waals surface area contributed by atoms with Crippen LogP contribution in [0, 0.1) is 0 Å². The highest BCUT2D eigenvalue weighted by Gasteiger charge is 2.58. The van der Waals surface area contributed by atoms with Gasteiger partial charge in [-0.3, -0.25) is 0 Å². The van der Waals surface area contributed by atoms with Crippen LogP contribution in [0.25, 0.3) is 11.0 Å². The molecule has 218 valence electrons. The van der Waals surface area contributed by atoms with Crippen LogP contribution in [0.4, 0.5) is 4.39 Å². The van der Waals surface area contributed by atoms with E-state index in [1.165, 1.54) is 12.4 Å². The number of aromatic nitrogens is 3. The van der Waals surface area contributed by atoms with Crippen molar-refractivity contribution in [3.05, 3.63) is 58.1 Å². The van der Waals surface area contributed by atoms with Crippen molar-refractivity contribution in [3.63, 3.8) is 0 Å². The Labute approximate surface area is 244 Å². The maximum absolute atomic E-state index is 15.8. The van der Waals surface area contributed by atoms with Crippen molar-refractivity contribution in [2.75, 3.05) is 6.61 Å². The normalized spacial score (nSPS) is 26.3. The van der Waals surface area contributed by atoms with Crippen LogP contribution < -0.4 is 0 Å². The minimum Gasteiger partial charge on any atom is -0.414 e. The number of nitrogens with zero attached hydrogens (tertiary/aromatic N) is 3. The number of fused-ring (bicyclic) bond motifs is 2. The van der Waals surface area contributed by atoms with E-state index in [2.05, 4.69) is 43.8 Å². The van der Waals surface area contributed by atoms with Crippen molar-refractivity contribution in [2.45, 2.75) is 95.4 Å². The highest BCUT2D eigenvalue weighted by molar-refractivity contribution is 6.74. The molecule has 0 unspecified atom stereocenters. The van der Waals surface area contributed by atoms with Gasteiger partial charge in [0.2, 0.25) is 0 Å². The van der Waals surface area contributed by atoms with E-state index in [4.69, 9.17) is 41.8 Å². The Balaban J connectivity index is 1.46. The van der Waals surface area contributed by atoms with Crippen molar-refractivity contribution in [2.24, 2.45) is 0 Å². The van der Waals surface area contributed by atoms with Crippen molar-refractivity contribution < 1.29 is 28.1 Å². The Morgan fingerprint density at radius 1 is 1.12 bits per heavy atom. The first kappa shape index (κ1) is 29.8. The lowest BCUT2D eigenvalue weighted by atomic mass is 9.93. The summed E-state index contributed by atoms with van der Waals surface area (Å²) in [7, 11) is -2.20. The fourth-order valence-corrected chi connectivity index (χ4v) is 6.45. The third-order valence-corrected chi connectivity index (χ3v) is 13.2. The Morgan fingerprint density at radius 2 is 1.82 bits per heavy atom. The number of rotatable bonds is 7. The first-order chi connectivity index (χ1) is 18.6. The van der Waals surface area contributed by atoms with Crippen molar-refractivity contribution >= 4 is 42.6 Å². The van der Waals surface area contributed by atoms with Crippen LogP contribution in [0.15, 0.2) is 36.8 Å². The summed E-state index contributed by atoms with van der Waals surface area (Å²) in [6, 6.07) is 6.60. The topological polar surface area (TPSA) is 87.9 Å². The molecule has 3 aromatic rings. The molecule has 0 saturated carbocycles. The Bertz CT molecular complexity index is 1400. The van der Waals surface area contributed by atoms with Gasteiger partial charge >= 0.3 is 0 Å². The molecule has 12 heteroatoms. The molecule has 6 atom stereocenters. The van der Waals surface area contributed by atoms with Crippen LogP contribution in [0.1, 0.15) is 64.2 Å². The first-order valence-electron chi connectivity index (χ1n) is 13.3. The lowest BCUT2D eigenvalue weighted by molar-refractivity contribution is -0.207. The zero-order valence-corrected chi connectivity index (χ0v) is 26.2. The Kier molecular flexibility index (Phi) is 7.89. The smallest absolute Gasteiger partial charge is 0.192 e. The first-order valence-corrected chi connectivity index (χ1v) is 17.0. The number of aliphatic hydroxyl groups excluding tert-OH is 1. The van der Waals surface area contributed by atoms with E-state index in [9.17, 15) is 5.11 Å². The lowest BCUT2D eigenvalue weighted by Gasteiger charge is -2.36. The molecular formula is C28H36Cl2FN3O5Si. The fraction of sp³-hybridized carbons (Fsp3) is 0.571. The Hall–Kier alpha value is -1.63. The van der Waals surface area contributed by atoms with Gasteiger partial charge in [0.1, 0.15) is 47.7 Å². The van der Waals surface area contributed by atoms with E-state index < -0.39 is 50.9 Å². The minimum atomic E-state index is -2.20. The SMILES string of the molecule is CC1(C)O[C@@H]2[C@H]([C@H](O)c3ccc(Cl)cc3[C@@H](F)CO[Si](C)(C)C(C)(C)C)O[C@@H](n3ccc4c(Cl)ncnc43)[C@@H]2O1. The molecule has 0 bridgehead atoms. The zero-order chi connectivity index (χ0) is 29.2. The van der Waals surface area contributed by atoms with Crippen LogP contribution in [-0.4, -0.2) is 58.7 Å². The molecule has 2 aliphatic rings. The van der Waals surface area contributed by atoms with Gasteiger partial charge in [-0.1, -0.05) is 50.0 Å². The molecule has 0 spiro atoms. The summed E-state index contributed by atoms with van der Waals surface area (Å²) >= 11 is 12.6. The van der Waals surface area contributed by atoms with Gasteiger partial charge in [0, 0.05) is 11.2 Å². The summed E-state index contributed by atoms with van der Waals surface area (Å²) in [5.74, 6) is -0.923. The lowest BCUT2D eigenvalue weighted by Crippen LogP contribution is -2.41. The molecular weight excluding hydrogens is 576 g/mol. The van der Waals surface area contributed by atoms with Gasteiger partial charge in [-0.25, -0.2) is 14.4 Å². The standard InChI is InChI=1S/C28H36Cl2FN3O5Si/c1-27(2,3)40(6,7)36-13-19(31)18-12-15(29)8-9-16(18)20(35)21-22-23(39-28(4,5)38-22)26(37-21)34-11-10-17-24(30)32-14-33-25(17)34/h8-12,14,19-23,26,35H,13H2,1-7H3/t19-,20+,21-,22+,23+,26+/m0/s1. The fourth-order valence-electron chi connectivity index (χ4n) is 5.08. The van der Waals surface area contributed by atoms with Crippen LogP contribution in [-0.2, 0) is 18.6 Å². The number of benzene rings is 1. The van der Waals surface area contributed by atoms with E-state index in [0.29, 0.717) is 26.8 Å². The Morgan fingerprint density at radius 3 is 2.52 bits per heavy atom. The summed E-state index contributed by atoms with van der Waals surface area (Å²) in [4.78, 5) is 8.43. The third-order valence-electron chi connectivity index (χ3n) is 8.21. The van der Waals surface area contributed by atoms with Crippen LogP contribution in [0.2, 0.25) is 28.3 Å². The molecule has 2 aliphatic heterocycles. The highest BCUT2D eigenvalue weighted by Crippen LogP contribution is 2.48. The summed E-state index contributed by atoms with van der Waals surface area (Å²) in [6.45, 7) is 13.9. The molecule has 0 radical (unpaired) electrons. The summed E-state index contributed by atoms with van der Waals surface area (Å²) in [5.41, 5.74) is 1.17. The molecule has 2 fully saturated rings. The average molecular weight is 613 g/mol. The molecule has 5 rings (SSSR count). The molecule has 0 amide bonds. The van der Waals surface area contributed by atoms with E-state index in [1.54, 1.807) is 29.0 Å². The number of ether oxygens (including phenoxy) is 3.